The first kappa shape index (κ1) is 11.7. The number of benzene rings is 1. The van der Waals surface area contributed by atoms with Crippen LogP contribution in [0.2, 0.25) is 5.02 Å². The van der Waals surface area contributed by atoms with Crippen LogP contribution in [-0.2, 0) is 10.1 Å². The quantitative estimate of drug-likeness (QED) is 0.464. The van der Waals surface area contributed by atoms with Gasteiger partial charge < -0.3 is 5.11 Å². The molecule has 82 valence electrons. The highest BCUT2D eigenvalue weighted by atomic mass is 35.5. The maximum atomic E-state index is 10.7. The minimum Gasteiger partial charge on any atom is -0.501 e. The van der Waals surface area contributed by atoms with E-state index in [4.69, 9.17) is 16.2 Å². The number of hydrogen-bond acceptors (Lipinski definition) is 5. The minimum absolute atomic E-state index is 0.285. The lowest BCUT2D eigenvalue weighted by Crippen LogP contribution is -2.00. The molecule has 7 nitrogen and oxygen atoms in total. The zero-order valence-corrected chi connectivity index (χ0v) is 8.49. The Bertz CT molecular complexity index is 525. The van der Waals surface area contributed by atoms with Gasteiger partial charge >= 0.3 is 5.69 Å². The Morgan fingerprint density at radius 3 is 2.33 bits per heavy atom. The van der Waals surface area contributed by atoms with Gasteiger partial charge in [-0.3, -0.25) is 14.7 Å². The summed E-state index contributed by atoms with van der Waals surface area (Å²) in [6, 6.07) is 1.48. The summed E-state index contributed by atoms with van der Waals surface area (Å²) >= 11 is 5.38. The maximum absolute atomic E-state index is 10.7. The highest BCUT2D eigenvalue weighted by Gasteiger charge is 2.25. The lowest BCUT2D eigenvalue weighted by Gasteiger charge is -2.02. The predicted molar refractivity (Wildman–Crippen MR) is 49.6 cm³/mol. The molecule has 0 amide bonds. The molecule has 0 aliphatic carbocycles. The molecule has 0 saturated carbocycles. The molecule has 1 aromatic carbocycles. The van der Waals surface area contributed by atoms with Crippen LogP contribution < -0.4 is 0 Å². The molecule has 9 heteroatoms. The van der Waals surface area contributed by atoms with Gasteiger partial charge in [0.1, 0.15) is 4.90 Å². The van der Waals surface area contributed by atoms with E-state index in [2.05, 4.69) is 0 Å². The molecule has 0 fully saturated rings. The van der Waals surface area contributed by atoms with Crippen molar-refractivity contribution in [2.45, 2.75) is 4.90 Å². The number of aromatic hydroxyl groups is 1. The largest absolute Gasteiger partial charge is 0.501 e. The summed E-state index contributed by atoms with van der Waals surface area (Å²) in [5.41, 5.74) is -0.893. The molecule has 0 bridgehead atoms. The monoisotopic (exact) mass is 253 g/mol. The fourth-order valence-corrected chi connectivity index (χ4v) is 1.80. The number of nitrogens with zero attached hydrogens (tertiary/aromatic N) is 1. The smallest absolute Gasteiger partial charge is 0.313 e. The first-order valence-corrected chi connectivity index (χ1v) is 5.19. The molecule has 0 saturated heterocycles. The third-order valence-corrected chi connectivity index (χ3v) is 2.58. The highest BCUT2D eigenvalue weighted by molar-refractivity contribution is 7.86. The summed E-state index contributed by atoms with van der Waals surface area (Å²) in [7, 11) is -4.75. The third kappa shape index (κ3) is 2.35. The minimum atomic E-state index is -4.75. The number of halogens is 1. The standard InChI is InChI=1S/C6H4ClNO6S/c7-3-1-4(8(10)11)6(9)5(2-3)15(12,13)14/h1-2,9H,(H,12,13,14). The Labute approximate surface area is 88.8 Å². The van der Waals surface area contributed by atoms with Crippen molar-refractivity contribution >= 4 is 27.4 Å². The number of phenols is 1. The summed E-state index contributed by atoms with van der Waals surface area (Å²) in [6.07, 6.45) is 0. The Hall–Kier alpha value is -1.38. The molecule has 0 aliphatic rings. The van der Waals surface area contributed by atoms with Crippen LogP contribution in [0, 0.1) is 10.1 Å². The Morgan fingerprint density at radius 2 is 1.93 bits per heavy atom. The first-order valence-electron chi connectivity index (χ1n) is 3.38. The van der Waals surface area contributed by atoms with Gasteiger partial charge in [-0.1, -0.05) is 11.6 Å². The van der Waals surface area contributed by atoms with Gasteiger partial charge in [-0.05, 0) is 6.07 Å². The van der Waals surface area contributed by atoms with Crippen LogP contribution in [0.5, 0.6) is 5.75 Å². The van der Waals surface area contributed by atoms with Crippen LogP contribution in [0.25, 0.3) is 0 Å². The molecule has 0 heterocycles. The number of nitro benzene ring substituents is 1. The zero-order chi connectivity index (χ0) is 11.8. The lowest BCUT2D eigenvalue weighted by molar-refractivity contribution is -0.386. The molecule has 1 rings (SSSR count). The van der Waals surface area contributed by atoms with Crippen molar-refractivity contribution in [1.29, 1.82) is 0 Å². The second kappa shape index (κ2) is 3.65. The van der Waals surface area contributed by atoms with Crippen molar-refractivity contribution in [2.75, 3.05) is 0 Å². The number of nitro groups is 1. The van der Waals surface area contributed by atoms with Gasteiger partial charge in [0.05, 0.1) is 4.92 Å². The molecule has 0 spiro atoms. The van der Waals surface area contributed by atoms with Gasteiger partial charge in [0.2, 0.25) is 5.75 Å². The van der Waals surface area contributed by atoms with Crippen LogP contribution in [0.4, 0.5) is 5.69 Å². The Balaban J connectivity index is 3.63. The number of hydrogen-bond donors (Lipinski definition) is 2. The van der Waals surface area contributed by atoms with Crippen molar-refractivity contribution in [3.05, 3.63) is 27.3 Å². The highest BCUT2D eigenvalue weighted by Crippen LogP contribution is 2.35. The molecule has 0 atom stereocenters. The molecule has 2 N–H and O–H groups in total. The normalized spacial score (nSPS) is 11.3. The predicted octanol–water partition coefficient (Wildman–Crippen LogP) is 1.20. The number of rotatable bonds is 2. The van der Waals surface area contributed by atoms with Gasteiger partial charge in [-0.25, -0.2) is 0 Å². The topological polar surface area (TPSA) is 118 Å². The van der Waals surface area contributed by atoms with Gasteiger partial charge in [0, 0.05) is 11.1 Å². The van der Waals surface area contributed by atoms with E-state index < -0.39 is 31.4 Å². The molecule has 0 unspecified atom stereocenters. The van der Waals surface area contributed by atoms with Crippen molar-refractivity contribution in [1.82, 2.24) is 0 Å². The van der Waals surface area contributed by atoms with Crippen LogP contribution in [0.15, 0.2) is 17.0 Å². The average Bonchev–Trinajstić information content (AvgIpc) is 2.06. The fraction of sp³-hybridized carbons (Fsp3) is 0. The third-order valence-electron chi connectivity index (χ3n) is 1.49. The lowest BCUT2D eigenvalue weighted by atomic mass is 10.3. The van der Waals surface area contributed by atoms with E-state index in [0.29, 0.717) is 6.07 Å². The molecule has 0 aliphatic heterocycles. The summed E-state index contributed by atoms with van der Waals surface area (Å²) in [6.45, 7) is 0. The van der Waals surface area contributed by atoms with Crippen LogP contribution in [-0.4, -0.2) is 23.0 Å². The molecular weight excluding hydrogens is 250 g/mol. The zero-order valence-electron chi connectivity index (χ0n) is 6.92. The Kier molecular flexibility index (Phi) is 2.84. The van der Waals surface area contributed by atoms with E-state index in [1.165, 1.54) is 0 Å². The van der Waals surface area contributed by atoms with Crippen LogP contribution in [0.1, 0.15) is 0 Å². The SMILES string of the molecule is O=[N+]([O-])c1cc(Cl)cc(S(=O)(=O)O)c1O. The van der Waals surface area contributed by atoms with Crippen molar-refractivity contribution in [2.24, 2.45) is 0 Å². The molecule has 15 heavy (non-hydrogen) atoms. The van der Waals surface area contributed by atoms with Gasteiger partial charge in [0.15, 0.2) is 0 Å². The van der Waals surface area contributed by atoms with Gasteiger partial charge in [-0.2, -0.15) is 8.42 Å². The van der Waals surface area contributed by atoms with E-state index in [-0.39, 0.29) is 5.02 Å². The van der Waals surface area contributed by atoms with Crippen LogP contribution in [0.3, 0.4) is 0 Å². The number of phenolic OH excluding ortho intramolecular Hbond substituents is 1. The second-order valence-corrected chi connectivity index (χ2v) is 4.33. The summed E-state index contributed by atoms with van der Waals surface area (Å²) < 4.78 is 30.0. The maximum Gasteiger partial charge on any atom is 0.313 e. The molecule has 1 aromatic rings. The van der Waals surface area contributed by atoms with E-state index in [1.54, 1.807) is 0 Å². The Morgan fingerprint density at radius 1 is 1.40 bits per heavy atom. The molecule has 0 aromatic heterocycles. The summed E-state index contributed by atoms with van der Waals surface area (Å²) in [4.78, 5) is 8.35. The van der Waals surface area contributed by atoms with Crippen molar-refractivity contribution in [3.8, 4) is 5.75 Å². The first-order chi connectivity index (χ1) is 6.73. The molecular formula is C6H4ClNO6S. The average molecular weight is 254 g/mol. The van der Waals surface area contributed by atoms with Gasteiger partial charge in [0.25, 0.3) is 10.1 Å². The van der Waals surface area contributed by atoms with E-state index >= 15 is 0 Å². The summed E-state index contributed by atoms with van der Waals surface area (Å²) in [5.74, 6) is -1.15. The van der Waals surface area contributed by atoms with E-state index in [9.17, 15) is 23.6 Å². The molecule has 0 radical (unpaired) electrons. The van der Waals surface area contributed by atoms with Crippen LogP contribution >= 0.6 is 11.6 Å². The van der Waals surface area contributed by atoms with E-state index in [1.807, 2.05) is 0 Å². The van der Waals surface area contributed by atoms with Gasteiger partial charge in [-0.15, -0.1) is 0 Å². The van der Waals surface area contributed by atoms with Crippen molar-refractivity contribution in [3.63, 3.8) is 0 Å². The fourth-order valence-electron chi connectivity index (χ4n) is 0.896. The van der Waals surface area contributed by atoms with E-state index in [0.717, 1.165) is 6.07 Å². The summed E-state index contributed by atoms with van der Waals surface area (Å²) in [5, 5.41) is 19.3. The second-order valence-electron chi connectivity index (χ2n) is 2.50. The van der Waals surface area contributed by atoms with Crippen molar-refractivity contribution < 1.29 is 23.0 Å².